The summed E-state index contributed by atoms with van der Waals surface area (Å²) in [4.78, 5) is 11.5. The molecule has 0 aliphatic heterocycles. The quantitative estimate of drug-likeness (QED) is 0.509. The number of aromatic hydroxyl groups is 2. The van der Waals surface area contributed by atoms with E-state index in [0.717, 1.165) is 22.3 Å². The summed E-state index contributed by atoms with van der Waals surface area (Å²) >= 11 is 0. The lowest BCUT2D eigenvalue weighted by molar-refractivity contribution is -0.114. The molecular weight excluding hydrogens is 342 g/mol. The van der Waals surface area contributed by atoms with Gasteiger partial charge in [0.25, 0.3) is 0 Å². The molecule has 3 N–H and O–H groups in total. The number of anilines is 1. The van der Waals surface area contributed by atoms with Crippen LogP contribution < -0.4 is 10.1 Å². The number of carbonyl (C=O) groups excluding carboxylic acids is 1. The molecule has 2 rings (SSSR count). The Kier molecular flexibility index (Phi) is 6.66. The molecule has 0 unspecified atom stereocenters. The number of phenols is 2. The average molecular weight is 367 g/mol. The molecule has 0 saturated carbocycles. The van der Waals surface area contributed by atoms with E-state index >= 15 is 0 Å². The Hall–Kier alpha value is -3.21. The number of carbonyl (C=O) groups is 1. The van der Waals surface area contributed by atoms with Crippen molar-refractivity contribution in [3.05, 3.63) is 58.7 Å². The number of hydrogen-bond acceptors (Lipinski definition) is 4. The van der Waals surface area contributed by atoms with Crippen molar-refractivity contribution in [2.45, 2.75) is 27.2 Å². The number of benzene rings is 2. The monoisotopic (exact) mass is 367 g/mol. The molecule has 0 aliphatic rings. The number of rotatable bonds is 6. The molecule has 27 heavy (non-hydrogen) atoms. The van der Waals surface area contributed by atoms with Crippen LogP contribution in [0.2, 0.25) is 0 Å². The molecule has 0 saturated heterocycles. The van der Waals surface area contributed by atoms with Gasteiger partial charge in [-0.15, -0.1) is 0 Å². The topological polar surface area (TPSA) is 78.8 Å². The Balaban J connectivity index is 2.48. The standard InChI is InChI=1S/C22H25NO4/c1-14(2)5-9-19-17(12-18(25)13-20(19)23-15(3)24)8-6-16-7-10-21(26)22(11-16)27-4/h5-8,10-13,25-26H,9H2,1-4H3,(H,23,24)/b8-6+. The van der Waals surface area contributed by atoms with Crippen molar-refractivity contribution in [1.82, 2.24) is 0 Å². The zero-order chi connectivity index (χ0) is 20.0. The minimum Gasteiger partial charge on any atom is -0.508 e. The number of allylic oxidation sites excluding steroid dienone is 2. The van der Waals surface area contributed by atoms with Gasteiger partial charge < -0.3 is 20.3 Å². The molecule has 0 heterocycles. The van der Waals surface area contributed by atoms with E-state index in [1.807, 2.05) is 26.0 Å². The summed E-state index contributed by atoms with van der Waals surface area (Å²) < 4.78 is 5.13. The fourth-order valence-corrected chi connectivity index (χ4v) is 2.65. The van der Waals surface area contributed by atoms with Gasteiger partial charge in [0, 0.05) is 18.7 Å². The van der Waals surface area contributed by atoms with Gasteiger partial charge in [0.15, 0.2) is 11.5 Å². The highest BCUT2D eigenvalue weighted by atomic mass is 16.5. The minimum absolute atomic E-state index is 0.0719. The van der Waals surface area contributed by atoms with Crippen LogP contribution in [0.15, 0.2) is 42.0 Å². The summed E-state index contributed by atoms with van der Waals surface area (Å²) in [6.07, 6.45) is 6.42. The van der Waals surface area contributed by atoms with Gasteiger partial charge in [-0.1, -0.05) is 29.9 Å². The van der Waals surface area contributed by atoms with Crippen molar-refractivity contribution in [1.29, 1.82) is 0 Å². The van der Waals surface area contributed by atoms with Crippen molar-refractivity contribution in [3.63, 3.8) is 0 Å². The van der Waals surface area contributed by atoms with Crippen LogP contribution >= 0.6 is 0 Å². The van der Waals surface area contributed by atoms with Crippen LogP contribution in [0.5, 0.6) is 17.2 Å². The van der Waals surface area contributed by atoms with Crippen LogP contribution in [0, 0.1) is 0 Å². The second-order valence-corrected chi connectivity index (χ2v) is 6.49. The first kappa shape index (κ1) is 20.1. The van der Waals surface area contributed by atoms with Gasteiger partial charge in [-0.2, -0.15) is 0 Å². The summed E-state index contributed by atoms with van der Waals surface area (Å²) in [5.74, 6) is 0.334. The smallest absolute Gasteiger partial charge is 0.221 e. The molecule has 5 heteroatoms. The molecule has 0 aromatic heterocycles. The Bertz CT molecular complexity index is 893. The predicted octanol–water partition coefficient (Wildman–Crippen LogP) is 4.74. The first-order chi connectivity index (χ1) is 12.8. The van der Waals surface area contributed by atoms with Crippen LogP contribution in [-0.2, 0) is 11.2 Å². The van der Waals surface area contributed by atoms with Crippen LogP contribution in [0.25, 0.3) is 12.2 Å². The molecule has 0 bridgehead atoms. The molecule has 0 atom stereocenters. The van der Waals surface area contributed by atoms with E-state index in [1.54, 1.807) is 30.3 Å². The SMILES string of the molecule is COc1cc(/C=C/c2cc(O)cc(NC(C)=O)c2CC=C(C)C)ccc1O. The van der Waals surface area contributed by atoms with Crippen LogP contribution in [0.1, 0.15) is 37.5 Å². The Labute approximate surface area is 159 Å². The maximum Gasteiger partial charge on any atom is 0.221 e. The van der Waals surface area contributed by atoms with Crippen molar-refractivity contribution in [3.8, 4) is 17.2 Å². The normalized spacial score (nSPS) is 10.7. The number of amides is 1. The molecule has 2 aromatic rings. The maximum atomic E-state index is 11.5. The predicted molar refractivity (Wildman–Crippen MR) is 109 cm³/mol. The number of ether oxygens (including phenoxy) is 1. The average Bonchev–Trinajstić information content (AvgIpc) is 2.59. The molecule has 5 nitrogen and oxygen atoms in total. The largest absolute Gasteiger partial charge is 0.508 e. The Morgan fingerprint density at radius 2 is 1.85 bits per heavy atom. The molecule has 142 valence electrons. The van der Waals surface area contributed by atoms with E-state index in [1.165, 1.54) is 14.0 Å². The van der Waals surface area contributed by atoms with Crippen molar-refractivity contribution < 1.29 is 19.7 Å². The summed E-state index contributed by atoms with van der Waals surface area (Å²) in [7, 11) is 1.50. The van der Waals surface area contributed by atoms with Gasteiger partial charge in [0.05, 0.1) is 7.11 Å². The highest BCUT2D eigenvalue weighted by Gasteiger charge is 2.10. The van der Waals surface area contributed by atoms with E-state index in [9.17, 15) is 15.0 Å². The molecule has 1 amide bonds. The van der Waals surface area contributed by atoms with Crippen molar-refractivity contribution in [2.75, 3.05) is 12.4 Å². The molecular formula is C22H25NO4. The van der Waals surface area contributed by atoms with Crippen LogP contribution in [0.3, 0.4) is 0 Å². The molecule has 0 radical (unpaired) electrons. The summed E-state index contributed by atoms with van der Waals surface area (Å²) in [5.41, 5.74) is 4.29. The van der Waals surface area contributed by atoms with E-state index in [2.05, 4.69) is 11.4 Å². The molecule has 0 aliphatic carbocycles. The van der Waals surface area contributed by atoms with E-state index in [4.69, 9.17) is 4.74 Å². The first-order valence-electron chi connectivity index (χ1n) is 8.62. The number of nitrogens with one attached hydrogen (secondary N) is 1. The minimum atomic E-state index is -0.197. The van der Waals surface area contributed by atoms with Gasteiger partial charge in [-0.3, -0.25) is 4.79 Å². The van der Waals surface area contributed by atoms with Gasteiger partial charge in [-0.05, 0) is 55.2 Å². The second kappa shape index (κ2) is 8.94. The van der Waals surface area contributed by atoms with Gasteiger partial charge >= 0.3 is 0 Å². The van der Waals surface area contributed by atoms with E-state index in [0.29, 0.717) is 17.9 Å². The lowest BCUT2D eigenvalue weighted by atomic mass is 9.99. The highest BCUT2D eigenvalue weighted by Crippen LogP contribution is 2.30. The fourth-order valence-electron chi connectivity index (χ4n) is 2.65. The number of hydrogen-bond donors (Lipinski definition) is 3. The van der Waals surface area contributed by atoms with E-state index in [-0.39, 0.29) is 17.4 Å². The summed E-state index contributed by atoms with van der Waals surface area (Å²) in [6, 6.07) is 8.26. The molecule has 0 spiro atoms. The zero-order valence-electron chi connectivity index (χ0n) is 16.0. The maximum absolute atomic E-state index is 11.5. The second-order valence-electron chi connectivity index (χ2n) is 6.49. The van der Waals surface area contributed by atoms with Gasteiger partial charge in [0.2, 0.25) is 5.91 Å². The van der Waals surface area contributed by atoms with Gasteiger partial charge in [0.1, 0.15) is 5.75 Å². The van der Waals surface area contributed by atoms with Crippen molar-refractivity contribution >= 4 is 23.7 Å². The summed E-state index contributed by atoms with van der Waals surface area (Å²) in [5, 5.41) is 22.6. The molecule has 0 fully saturated rings. The third-order valence-electron chi connectivity index (χ3n) is 3.95. The van der Waals surface area contributed by atoms with E-state index < -0.39 is 0 Å². The Morgan fingerprint density at radius 3 is 2.48 bits per heavy atom. The number of phenolic OH excluding ortho intramolecular Hbond substituents is 2. The lowest BCUT2D eigenvalue weighted by Gasteiger charge is -2.13. The molecule has 2 aromatic carbocycles. The Morgan fingerprint density at radius 1 is 1.11 bits per heavy atom. The number of methoxy groups -OCH3 is 1. The van der Waals surface area contributed by atoms with Gasteiger partial charge in [-0.25, -0.2) is 0 Å². The van der Waals surface area contributed by atoms with Crippen LogP contribution in [0.4, 0.5) is 5.69 Å². The lowest BCUT2D eigenvalue weighted by Crippen LogP contribution is -2.09. The first-order valence-corrected chi connectivity index (χ1v) is 8.62. The zero-order valence-corrected chi connectivity index (χ0v) is 16.0. The highest BCUT2D eigenvalue weighted by molar-refractivity contribution is 5.91. The fraction of sp³-hybridized carbons (Fsp3) is 0.227. The van der Waals surface area contributed by atoms with Crippen molar-refractivity contribution in [2.24, 2.45) is 0 Å². The summed E-state index contributed by atoms with van der Waals surface area (Å²) in [6.45, 7) is 5.46. The third-order valence-corrected chi connectivity index (χ3v) is 3.95. The third kappa shape index (κ3) is 5.64. The van der Waals surface area contributed by atoms with Crippen LogP contribution in [-0.4, -0.2) is 23.2 Å².